The van der Waals surface area contributed by atoms with E-state index in [-0.39, 0.29) is 6.10 Å². The van der Waals surface area contributed by atoms with Crippen LogP contribution in [0.25, 0.3) is 0 Å². The van der Waals surface area contributed by atoms with Crippen molar-refractivity contribution in [3.63, 3.8) is 0 Å². The molecule has 1 unspecified atom stereocenters. The monoisotopic (exact) mass is 443 g/mol. The molecule has 0 saturated heterocycles. The van der Waals surface area contributed by atoms with Gasteiger partial charge in [-0.1, -0.05) is 30.3 Å². The van der Waals surface area contributed by atoms with Gasteiger partial charge in [-0.3, -0.25) is 4.99 Å². The molecule has 6 nitrogen and oxygen atoms in total. The Morgan fingerprint density at radius 3 is 2.63 bits per heavy atom. The molecule has 1 aromatic carbocycles. The maximum Gasteiger partial charge on any atom is 0.194 e. The average Bonchev–Trinajstić information content (AvgIpc) is 3.42. The molecule has 0 spiro atoms. The summed E-state index contributed by atoms with van der Waals surface area (Å²) in [6, 6.07) is 10.5. The van der Waals surface area contributed by atoms with Crippen LogP contribution in [0.2, 0.25) is 0 Å². The van der Waals surface area contributed by atoms with E-state index in [1.54, 1.807) is 36.8 Å². The van der Waals surface area contributed by atoms with E-state index in [4.69, 9.17) is 9.72 Å². The van der Waals surface area contributed by atoms with Crippen LogP contribution in [0.1, 0.15) is 40.0 Å². The number of nitrogens with one attached hydrogen (secondary N) is 1. The molecule has 3 rings (SSSR count). The SMILES string of the molecule is CN=C(NCc1csc(CCc2ccccc2)n1)N(C)Cc1csc(C(C)OC)n1. The normalized spacial score (nSPS) is 12.7. The fourth-order valence-corrected chi connectivity index (χ4v) is 4.64. The second kappa shape index (κ2) is 11.2. The smallest absolute Gasteiger partial charge is 0.194 e. The third-order valence-corrected chi connectivity index (χ3v) is 6.75. The standard InChI is InChI=1S/C22H29N5OS2/c1-16(28-4)21-26-19(15-30-21)13-27(3)22(23-2)24-12-18-14-29-20(25-18)11-10-17-8-6-5-7-9-17/h5-9,14-16H,10-13H2,1-4H3,(H,23,24). The van der Waals surface area contributed by atoms with Crippen LogP contribution in [0, 0.1) is 0 Å². The largest absolute Gasteiger partial charge is 0.375 e. The van der Waals surface area contributed by atoms with Crippen molar-refractivity contribution >= 4 is 28.6 Å². The van der Waals surface area contributed by atoms with Crippen LogP contribution in [0.4, 0.5) is 0 Å². The van der Waals surface area contributed by atoms with Crippen molar-refractivity contribution in [1.29, 1.82) is 0 Å². The van der Waals surface area contributed by atoms with Crippen molar-refractivity contribution < 1.29 is 4.74 Å². The van der Waals surface area contributed by atoms with Crippen LogP contribution < -0.4 is 5.32 Å². The van der Waals surface area contributed by atoms with E-state index in [1.165, 1.54) is 10.6 Å². The zero-order valence-corrected chi connectivity index (χ0v) is 19.6. The summed E-state index contributed by atoms with van der Waals surface area (Å²) in [6.07, 6.45) is 2.01. The Kier molecular flexibility index (Phi) is 8.36. The summed E-state index contributed by atoms with van der Waals surface area (Å²) in [5.41, 5.74) is 3.41. The summed E-state index contributed by atoms with van der Waals surface area (Å²) in [5, 5.41) is 9.77. The summed E-state index contributed by atoms with van der Waals surface area (Å²) < 4.78 is 5.35. The number of aliphatic imine (C=N–C) groups is 1. The topological polar surface area (TPSA) is 62.6 Å². The maximum atomic E-state index is 5.35. The van der Waals surface area contributed by atoms with Gasteiger partial charge in [0.2, 0.25) is 0 Å². The van der Waals surface area contributed by atoms with Gasteiger partial charge in [-0.2, -0.15) is 0 Å². The molecule has 0 aliphatic rings. The van der Waals surface area contributed by atoms with Gasteiger partial charge in [0.1, 0.15) is 11.1 Å². The predicted molar refractivity (Wildman–Crippen MR) is 125 cm³/mol. The molecule has 160 valence electrons. The van der Waals surface area contributed by atoms with Crippen molar-refractivity contribution in [1.82, 2.24) is 20.2 Å². The van der Waals surface area contributed by atoms with Crippen molar-refractivity contribution in [2.24, 2.45) is 4.99 Å². The van der Waals surface area contributed by atoms with Gasteiger partial charge in [0.25, 0.3) is 0 Å². The molecular formula is C22H29N5OS2. The van der Waals surface area contributed by atoms with Crippen molar-refractivity contribution in [3.8, 4) is 0 Å². The average molecular weight is 444 g/mol. The molecule has 0 saturated carbocycles. The minimum atomic E-state index is 0.0206. The zero-order valence-electron chi connectivity index (χ0n) is 18.0. The molecule has 0 radical (unpaired) electrons. The Bertz CT molecular complexity index is 938. The number of benzene rings is 1. The Morgan fingerprint density at radius 1 is 1.13 bits per heavy atom. The zero-order chi connectivity index (χ0) is 21.3. The molecule has 30 heavy (non-hydrogen) atoms. The molecular weight excluding hydrogens is 414 g/mol. The number of thiazole rings is 2. The number of hydrogen-bond acceptors (Lipinski definition) is 6. The minimum absolute atomic E-state index is 0.0206. The molecule has 1 N–H and O–H groups in total. The van der Waals surface area contributed by atoms with Crippen LogP contribution in [0.5, 0.6) is 0 Å². The molecule has 0 bridgehead atoms. The van der Waals surface area contributed by atoms with Crippen LogP contribution in [-0.2, 0) is 30.7 Å². The van der Waals surface area contributed by atoms with Gasteiger partial charge in [-0.15, -0.1) is 22.7 Å². The summed E-state index contributed by atoms with van der Waals surface area (Å²) in [6.45, 7) is 3.35. The highest BCUT2D eigenvalue weighted by Crippen LogP contribution is 2.21. The lowest BCUT2D eigenvalue weighted by atomic mass is 10.1. The number of rotatable bonds is 9. The van der Waals surface area contributed by atoms with Gasteiger partial charge in [-0.25, -0.2) is 9.97 Å². The highest BCUT2D eigenvalue weighted by Gasteiger charge is 2.13. The number of nitrogens with zero attached hydrogens (tertiary/aromatic N) is 4. The van der Waals surface area contributed by atoms with Gasteiger partial charge in [0.15, 0.2) is 5.96 Å². The molecule has 3 aromatic rings. The van der Waals surface area contributed by atoms with Crippen LogP contribution in [0.15, 0.2) is 46.1 Å². The molecule has 2 aromatic heterocycles. The molecule has 0 aliphatic carbocycles. The fourth-order valence-electron chi connectivity index (χ4n) is 3.00. The van der Waals surface area contributed by atoms with Crippen LogP contribution >= 0.6 is 22.7 Å². The fraction of sp³-hybridized carbons (Fsp3) is 0.409. The van der Waals surface area contributed by atoms with Crippen molar-refractivity contribution in [3.05, 3.63) is 68.1 Å². The molecule has 0 amide bonds. The number of guanidine groups is 1. The Labute approximate surface area is 186 Å². The first-order valence-electron chi connectivity index (χ1n) is 9.95. The molecule has 0 aliphatic heterocycles. The Morgan fingerprint density at radius 2 is 1.90 bits per heavy atom. The molecule has 2 heterocycles. The molecule has 1 atom stereocenters. The lowest BCUT2D eigenvalue weighted by Gasteiger charge is -2.20. The third kappa shape index (κ3) is 6.35. The van der Waals surface area contributed by atoms with Gasteiger partial charge in [0, 0.05) is 38.4 Å². The number of methoxy groups -OCH3 is 1. The number of aryl methyl sites for hydroxylation is 2. The Hall–Kier alpha value is -2.29. The van der Waals surface area contributed by atoms with E-state index in [2.05, 4.69) is 55.2 Å². The van der Waals surface area contributed by atoms with E-state index in [1.807, 2.05) is 20.0 Å². The van der Waals surface area contributed by atoms with E-state index in [0.29, 0.717) is 13.1 Å². The number of ether oxygens (including phenoxy) is 1. The second-order valence-corrected chi connectivity index (χ2v) is 8.86. The number of hydrogen-bond donors (Lipinski definition) is 1. The van der Waals surface area contributed by atoms with E-state index in [0.717, 1.165) is 35.2 Å². The van der Waals surface area contributed by atoms with Crippen LogP contribution in [0.3, 0.4) is 0 Å². The first-order valence-corrected chi connectivity index (χ1v) is 11.7. The third-order valence-electron chi connectivity index (χ3n) is 4.74. The van der Waals surface area contributed by atoms with E-state index in [9.17, 15) is 0 Å². The lowest BCUT2D eigenvalue weighted by Crippen LogP contribution is -2.38. The maximum absolute atomic E-state index is 5.35. The lowest BCUT2D eigenvalue weighted by molar-refractivity contribution is 0.119. The van der Waals surface area contributed by atoms with Crippen molar-refractivity contribution in [2.75, 3.05) is 21.2 Å². The first-order chi connectivity index (χ1) is 14.6. The Balaban J connectivity index is 1.49. The molecule has 0 fully saturated rings. The highest BCUT2D eigenvalue weighted by atomic mass is 32.1. The first kappa shape index (κ1) is 22.4. The van der Waals surface area contributed by atoms with Gasteiger partial charge in [0.05, 0.1) is 29.5 Å². The van der Waals surface area contributed by atoms with Crippen molar-refractivity contribution in [2.45, 2.75) is 39.0 Å². The quantitative estimate of drug-likeness (QED) is 0.395. The minimum Gasteiger partial charge on any atom is -0.375 e. The van der Waals surface area contributed by atoms with Crippen LogP contribution in [-0.4, -0.2) is 42.0 Å². The summed E-state index contributed by atoms with van der Waals surface area (Å²) in [7, 11) is 5.51. The number of aromatic nitrogens is 2. The summed E-state index contributed by atoms with van der Waals surface area (Å²) >= 11 is 3.35. The van der Waals surface area contributed by atoms with E-state index < -0.39 is 0 Å². The highest BCUT2D eigenvalue weighted by molar-refractivity contribution is 7.10. The summed E-state index contributed by atoms with van der Waals surface area (Å²) in [5.74, 6) is 0.822. The van der Waals surface area contributed by atoms with Gasteiger partial charge >= 0.3 is 0 Å². The van der Waals surface area contributed by atoms with Gasteiger partial charge < -0.3 is 15.0 Å². The predicted octanol–water partition coefficient (Wildman–Crippen LogP) is 4.30. The van der Waals surface area contributed by atoms with E-state index >= 15 is 0 Å². The second-order valence-electron chi connectivity index (χ2n) is 7.03. The summed E-state index contributed by atoms with van der Waals surface area (Å²) in [4.78, 5) is 15.9. The van der Waals surface area contributed by atoms with Gasteiger partial charge in [-0.05, 0) is 18.9 Å². The molecule has 8 heteroatoms.